The van der Waals surface area contributed by atoms with E-state index in [9.17, 15) is 0 Å². The first kappa shape index (κ1) is 13.6. The first-order chi connectivity index (χ1) is 6.10. The van der Waals surface area contributed by atoms with Crippen molar-refractivity contribution in [3.05, 3.63) is 0 Å². The van der Waals surface area contributed by atoms with E-state index in [4.69, 9.17) is 23.2 Å². The molecule has 0 aliphatic rings. The van der Waals surface area contributed by atoms with Gasteiger partial charge in [0.15, 0.2) is 0 Å². The molecule has 0 bridgehead atoms. The van der Waals surface area contributed by atoms with Crippen LogP contribution in [0, 0.1) is 11.8 Å². The second-order valence-corrected chi connectivity index (χ2v) is 5.16. The van der Waals surface area contributed by atoms with Crippen LogP contribution in [0.2, 0.25) is 0 Å². The zero-order chi connectivity index (χ0) is 10.3. The molecule has 0 saturated heterocycles. The van der Waals surface area contributed by atoms with Crippen LogP contribution in [0.3, 0.4) is 0 Å². The zero-order valence-corrected chi connectivity index (χ0v) is 10.5. The number of rotatable bonds is 7. The van der Waals surface area contributed by atoms with Crippen molar-refractivity contribution in [1.29, 1.82) is 0 Å². The first-order valence-electron chi connectivity index (χ1n) is 5.30. The van der Waals surface area contributed by atoms with Crippen LogP contribution < -0.4 is 0 Å². The Kier molecular flexibility index (Phi) is 8.29. The van der Waals surface area contributed by atoms with E-state index in [0.717, 1.165) is 37.0 Å². The van der Waals surface area contributed by atoms with Gasteiger partial charge < -0.3 is 0 Å². The molecule has 0 aliphatic carbocycles. The average Bonchev–Trinajstić information content (AvgIpc) is 2.04. The summed E-state index contributed by atoms with van der Waals surface area (Å²) >= 11 is 11.8. The van der Waals surface area contributed by atoms with Crippen LogP contribution in [-0.4, -0.2) is 11.3 Å². The van der Waals surface area contributed by atoms with E-state index in [0.29, 0.717) is 5.38 Å². The summed E-state index contributed by atoms with van der Waals surface area (Å²) in [5.41, 5.74) is 0. The van der Waals surface area contributed by atoms with Gasteiger partial charge in [-0.25, -0.2) is 0 Å². The fraction of sp³-hybridized carbons (Fsp3) is 1.00. The Morgan fingerprint density at radius 1 is 1.08 bits per heavy atom. The number of hydrogen-bond donors (Lipinski definition) is 0. The molecule has 0 heterocycles. The fourth-order valence-electron chi connectivity index (χ4n) is 1.69. The molecule has 0 aliphatic heterocycles. The number of alkyl halides is 2. The van der Waals surface area contributed by atoms with Gasteiger partial charge in [-0.15, -0.1) is 23.2 Å². The standard InChI is InChI=1S/C11H22Cl2/c1-4-11(13)8-10(3)7-9(2)5-6-12/h9-11H,4-8H2,1-3H3/t9?,10-,11?/m1/s1. The molecule has 2 heteroatoms. The second kappa shape index (κ2) is 7.94. The molecule has 0 amide bonds. The molecule has 0 nitrogen and oxygen atoms in total. The molecule has 0 rings (SSSR count). The zero-order valence-electron chi connectivity index (χ0n) is 9.02. The van der Waals surface area contributed by atoms with Crippen molar-refractivity contribution in [3.8, 4) is 0 Å². The SMILES string of the molecule is CCC(Cl)C[C@H](C)CC(C)CCCl. The molecule has 0 aromatic rings. The maximum atomic E-state index is 6.09. The van der Waals surface area contributed by atoms with E-state index < -0.39 is 0 Å². The Labute approximate surface area is 93.0 Å². The quantitative estimate of drug-likeness (QED) is 0.551. The lowest BCUT2D eigenvalue weighted by molar-refractivity contribution is 0.382. The summed E-state index contributed by atoms with van der Waals surface area (Å²) in [4.78, 5) is 0. The van der Waals surface area contributed by atoms with E-state index >= 15 is 0 Å². The van der Waals surface area contributed by atoms with Gasteiger partial charge in [0.2, 0.25) is 0 Å². The summed E-state index contributed by atoms with van der Waals surface area (Å²) in [5.74, 6) is 2.26. The minimum atomic E-state index is 0.359. The molecular weight excluding hydrogens is 203 g/mol. The normalized spacial score (nSPS) is 18.2. The number of hydrogen-bond acceptors (Lipinski definition) is 0. The molecule has 0 radical (unpaired) electrons. The van der Waals surface area contributed by atoms with Crippen molar-refractivity contribution in [1.82, 2.24) is 0 Å². The smallest absolute Gasteiger partial charge is 0.0336 e. The summed E-state index contributed by atoms with van der Waals surface area (Å²) in [7, 11) is 0. The fourth-order valence-corrected chi connectivity index (χ4v) is 2.37. The van der Waals surface area contributed by atoms with Gasteiger partial charge in [-0.1, -0.05) is 20.8 Å². The lowest BCUT2D eigenvalue weighted by atomic mass is 9.91. The third kappa shape index (κ3) is 7.64. The minimum Gasteiger partial charge on any atom is -0.127 e. The van der Waals surface area contributed by atoms with Gasteiger partial charge in [-0.2, -0.15) is 0 Å². The third-order valence-corrected chi connectivity index (χ3v) is 3.21. The Bertz CT molecular complexity index is 115. The van der Waals surface area contributed by atoms with E-state index in [2.05, 4.69) is 20.8 Å². The molecule has 3 atom stereocenters. The van der Waals surface area contributed by atoms with Crippen LogP contribution in [0.1, 0.15) is 46.5 Å². The molecule has 0 spiro atoms. The van der Waals surface area contributed by atoms with E-state index in [1.54, 1.807) is 0 Å². The summed E-state index contributed by atoms with van der Waals surface area (Å²) in [6.45, 7) is 6.70. The summed E-state index contributed by atoms with van der Waals surface area (Å²) < 4.78 is 0. The highest BCUT2D eigenvalue weighted by Gasteiger charge is 2.12. The van der Waals surface area contributed by atoms with Gasteiger partial charge in [0.05, 0.1) is 0 Å². The Balaban J connectivity index is 3.54. The maximum Gasteiger partial charge on any atom is 0.0336 e. The average molecular weight is 225 g/mol. The maximum absolute atomic E-state index is 6.09. The highest BCUT2D eigenvalue weighted by molar-refractivity contribution is 6.20. The van der Waals surface area contributed by atoms with Crippen molar-refractivity contribution in [2.45, 2.75) is 51.8 Å². The third-order valence-electron chi connectivity index (χ3n) is 2.51. The van der Waals surface area contributed by atoms with Gasteiger partial charge in [0.1, 0.15) is 0 Å². The largest absolute Gasteiger partial charge is 0.127 e. The summed E-state index contributed by atoms with van der Waals surface area (Å²) in [6.07, 6.45) is 4.61. The summed E-state index contributed by atoms with van der Waals surface area (Å²) in [6, 6.07) is 0. The number of halogens is 2. The van der Waals surface area contributed by atoms with Gasteiger partial charge in [0, 0.05) is 11.3 Å². The molecule has 80 valence electrons. The first-order valence-corrected chi connectivity index (χ1v) is 6.27. The van der Waals surface area contributed by atoms with Crippen molar-refractivity contribution in [3.63, 3.8) is 0 Å². The van der Waals surface area contributed by atoms with Crippen molar-refractivity contribution in [2.24, 2.45) is 11.8 Å². The second-order valence-electron chi connectivity index (χ2n) is 4.16. The lowest BCUT2D eigenvalue weighted by Crippen LogP contribution is -2.09. The predicted molar refractivity (Wildman–Crippen MR) is 62.8 cm³/mol. The van der Waals surface area contributed by atoms with E-state index in [-0.39, 0.29) is 0 Å². The van der Waals surface area contributed by atoms with E-state index in [1.165, 1.54) is 6.42 Å². The highest BCUT2D eigenvalue weighted by atomic mass is 35.5. The molecular formula is C11H22Cl2. The topological polar surface area (TPSA) is 0 Å². The van der Waals surface area contributed by atoms with Gasteiger partial charge in [-0.3, -0.25) is 0 Å². The molecule has 0 aromatic heterocycles. The molecule has 0 N–H and O–H groups in total. The molecule has 13 heavy (non-hydrogen) atoms. The predicted octanol–water partition coefficient (Wildman–Crippen LogP) is 4.69. The Morgan fingerprint density at radius 2 is 1.69 bits per heavy atom. The molecule has 0 saturated carbocycles. The molecule has 2 unspecified atom stereocenters. The van der Waals surface area contributed by atoms with Crippen LogP contribution in [0.4, 0.5) is 0 Å². The minimum absolute atomic E-state index is 0.359. The van der Waals surface area contributed by atoms with Crippen LogP contribution in [0.15, 0.2) is 0 Å². The molecule has 0 fully saturated rings. The van der Waals surface area contributed by atoms with Crippen LogP contribution in [0.5, 0.6) is 0 Å². The van der Waals surface area contributed by atoms with Crippen LogP contribution in [-0.2, 0) is 0 Å². The van der Waals surface area contributed by atoms with E-state index in [1.807, 2.05) is 0 Å². The van der Waals surface area contributed by atoms with Crippen LogP contribution in [0.25, 0.3) is 0 Å². The Hall–Kier alpha value is 0.580. The van der Waals surface area contributed by atoms with Gasteiger partial charge >= 0.3 is 0 Å². The van der Waals surface area contributed by atoms with Crippen LogP contribution >= 0.6 is 23.2 Å². The van der Waals surface area contributed by atoms with Gasteiger partial charge in [-0.05, 0) is 37.5 Å². The van der Waals surface area contributed by atoms with Crippen molar-refractivity contribution >= 4 is 23.2 Å². The molecule has 0 aromatic carbocycles. The van der Waals surface area contributed by atoms with Crippen molar-refractivity contribution < 1.29 is 0 Å². The lowest BCUT2D eigenvalue weighted by Gasteiger charge is -2.18. The highest BCUT2D eigenvalue weighted by Crippen LogP contribution is 2.22. The Morgan fingerprint density at radius 3 is 2.15 bits per heavy atom. The van der Waals surface area contributed by atoms with Crippen molar-refractivity contribution in [2.75, 3.05) is 5.88 Å². The monoisotopic (exact) mass is 224 g/mol. The summed E-state index contributed by atoms with van der Waals surface area (Å²) in [5, 5.41) is 0.359. The van der Waals surface area contributed by atoms with Gasteiger partial charge in [0.25, 0.3) is 0 Å².